The molecule has 27 heavy (non-hydrogen) atoms. The van der Waals surface area contributed by atoms with E-state index in [1.165, 1.54) is 4.90 Å². The molecule has 6 nitrogen and oxygen atoms in total. The molecule has 1 fully saturated rings. The van der Waals surface area contributed by atoms with Gasteiger partial charge in [-0.25, -0.2) is 4.79 Å². The molecule has 1 aliphatic rings. The molecule has 0 radical (unpaired) electrons. The number of hydrogen-bond donors (Lipinski definition) is 1. The Labute approximate surface area is 161 Å². The first-order chi connectivity index (χ1) is 13.0. The predicted molar refractivity (Wildman–Crippen MR) is 103 cm³/mol. The van der Waals surface area contributed by atoms with Crippen molar-refractivity contribution in [2.45, 2.75) is 64.0 Å². The van der Waals surface area contributed by atoms with Crippen molar-refractivity contribution >= 4 is 12.0 Å². The molecule has 1 saturated carbocycles. The summed E-state index contributed by atoms with van der Waals surface area (Å²) in [6, 6.07) is 8.53. The number of carboxylic acid groups (broad SMARTS) is 1. The van der Waals surface area contributed by atoms with Crippen LogP contribution in [0, 0.1) is 11.3 Å². The van der Waals surface area contributed by atoms with Crippen LogP contribution in [0.1, 0.15) is 56.6 Å². The average Bonchev–Trinajstić information content (AvgIpc) is 3.21. The minimum atomic E-state index is -1.06. The topological polar surface area (TPSA) is 84.6 Å². The van der Waals surface area contributed by atoms with Crippen molar-refractivity contribution in [2.75, 3.05) is 13.6 Å². The van der Waals surface area contributed by atoms with Gasteiger partial charge < -0.3 is 10.0 Å². The molecule has 0 aromatic heterocycles. The number of carbonyl (C=O) groups is 2. The van der Waals surface area contributed by atoms with Crippen molar-refractivity contribution < 1.29 is 14.7 Å². The fraction of sp³-hybridized carbons (Fsp3) is 0.571. The van der Waals surface area contributed by atoms with Crippen molar-refractivity contribution in [1.82, 2.24) is 9.80 Å². The Balaban J connectivity index is 2.25. The van der Waals surface area contributed by atoms with E-state index in [1.54, 1.807) is 36.2 Å². The summed E-state index contributed by atoms with van der Waals surface area (Å²) < 4.78 is 0. The number of likely N-dealkylation sites (N-methyl/N-ethyl adjacent to an activating group) is 1. The fourth-order valence-corrected chi connectivity index (χ4v) is 3.69. The molecule has 1 N–H and O–H groups in total. The largest absolute Gasteiger partial charge is 0.465 e. The number of carbonyl (C=O) groups excluding carboxylic acids is 1. The summed E-state index contributed by atoms with van der Waals surface area (Å²) in [4.78, 5) is 28.2. The maximum absolute atomic E-state index is 13.2. The molecule has 0 bridgehead atoms. The van der Waals surface area contributed by atoms with E-state index in [1.807, 2.05) is 6.92 Å². The van der Waals surface area contributed by atoms with Crippen LogP contribution in [-0.2, 0) is 11.2 Å². The van der Waals surface area contributed by atoms with Gasteiger partial charge in [0.25, 0.3) is 0 Å². The van der Waals surface area contributed by atoms with E-state index in [-0.39, 0.29) is 11.9 Å². The lowest BCUT2D eigenvalue weighted by atomic mass is 10.0. The quantitative estimate of drug-likeness (QED) is 0.756. The number of nitrogens with zero attached hydrogens (tertiary/aromatic N) is 3. The van der Waals surface area contributed by atoms with Gasteiger partial charge in [0.15, 0.2) is 0 Å². The van der Waals surface area contributed by atoms with E-state index >= 15 is 0 Å². The Morgan fingerprint density at radius 2 is 1.89 bits per heavy atom. The molecule has 0 spiro atoms. The third-order valence-corrected chi connectivity index (χ3v) is 5.39. The van der Waals surface area contributed by atoms with Crippen LogP contribution in [0.3, 0.4) is 0 Å². The molecule has 1 aromatic rings. The fourth-order valence-electron chi connectivity index (χ4n) is 3.69. The zero-order valence-electron chi connectivity index (χ0n) is 16.2. The predicted octanol–water partition coefficient (Wildman–Crippen LogP) is 3.65. The van der Waals surface area contributed by atoms with Crippen LogP contribution in [0.2, 0.25) is 0 Å². The summed E-state index contributed by atoms with van der Waals surface area (Å²) >= 11 is 0. The van der Waals surface area contributed by atoms with Gasteiger partial charge in [-0.3, -0.25) is 9.69 Å². The highest BCUT2D eigenvalue weighted by Gasteiger charge is 2.34. The summed E-state index contributed by atoms with van der Waals surface area (Å²) in [6.45, 7) is 2.35. The van der Waals surface area contributed by atoms with Gasteiger partial charge >= 0.3 is 6.09 Å². The van der Waals surface area contributed by atoms with E-state index < -0.39 is 12.1 Å². The minimum absolute atomic E-state index is 0.134. The van der Waals surface area contributed by atoms with E-state index in [2.05, 4.69) is 6.07 Å². The molecule has 0 aliphatic heterocycles. The molecule has 6 heteroatoms. The molecule has 2 amide bonds. The van der Waals surface area contributed by atoms with Gasteiger partial charge in [0.1, 0.15) is 6.04 Å². The van der Waals surface area contributed by atoms with Crippen LogP contribution in [-0.4, -0.2) is 52.6 Å². The van der Waals surface area contributed by atoms with Crippen molar-refractivity contribution in [2.24, 2.45) is 0 Å². The standard InChI is InChI=1S/C21H29N3O3/c1-3-4-13-24(21(26)27)19(14-16-9-11-17(15-22)12-10-16)20(25)23(2)18-7-5-6-8-18/h9-12,18-19H,3-8,13-14H2,1-2H3,(H,26,27)/t19-/m0/s1. The van der Waals surface area contributed by atoms with Crippen LogP contribution in [0.15, 0.2) is 24.3 Å². The number of amides is 2. The van der Waals surface area contributed by atoms with Gasteiger partial charge in [0.05, 0.1) is 11.6 Å². The molecule has 2 rings (SSSR count). The van der Waals surface area contributed by atoms with Crippen molar-refractivity contribution in [1.29, 1.82) is 5.26 Å². The number of rotatable bonds is 8. The minimum Gasteiger partial charge on any atom is -0.465 e. The molecule has 1 atom stereocenters. The second-order valence-electron chi connectivity index (χ2n) is 7.25. The lowest BCUT2D eigenvalue weighted by molar-refractivity contribution is -0.137. The molecule has 0 heterocycles. The first-order valence-corrected chi connectivity index (χ1v) is 9.73. The Bertz CT molecular complexity index is 675. The smallest absolute Gasteiger partial charge is 0.407 e. The van der Waals surface area contributed by atoms with Gasteiger partial charge in [0.2, 0.25) is 5.91 Å². The summed E-state index contributed by atoms with van der Waals surface area (Å²) in [5.41, 5.74) is 1.40. The maximum atomic E-state index is 13.2. The lowest BCUT2D eigenvalue weighted by Crippen LogP contribution is -2.53. The molecule has 146 valence electrons. The summed E-state index contributed by atoms with van der Waals surface area (Å²) in [5.74, 6) is -0.134. The van der Waals surface area contributed by atoms with Gasteiger partial charge in [0, 0.05) is 26.1 Å². The number of hydrogen-bond acceptors (Lipinski definition) is 3. The maximum Gasteiger partial charge on any atom is 0.407 e. The van der Waals surface area contributed by atoms with Gasteiger partial charge in [-0.15, -0.1) is 0 Å². The zero-order chi connectivity index (χ0) is 19.8. The third kappa shape index (κ3) is 5.46. The summed E-state index contributed by atoms with van der Waals surface area (Å²) in [7, 11) is 1.80. The van der Waals surface area contributed by atoms with Gasteiger partial charge in [-0.1, -0.05) is 38.3 Å². The van der Waals surface area contributed by atoms with Crippen LogP contribution < -0.4 is 0 Å². The SMILES string of the molecule is CCCCN(C(=O)O)[C@@H](Cc1ccc(C#N)cc1)C(=O)N(C)C1CCCC1. The van der Waals surface area contributed by atoms with Crippen molar-refractivity contribution in [3.05, 3.63) is 35.4 Å². The van der Waals surface area contributed by atoms with Crippen molar-refractivity contribution in [3.8, 4) is 6.07 Å². The first-order valence-electron chi connectivity index (χ1n) is 9.73. The molecule has 1 aromatic carbocycles. The molecule has 1 aliphatic carbocycles. The Kier molecular flexibility index (Phi) is 7.66. The number of unbranched alkanes of at least 4 members (excludes halogenated alkanes) is 1. The second kappa shape index (κ2) is 9.96. The normalized spacial score (nSPS) is 15.1. The zero-order valence-corrected chi connectivity index (χ0v) is 16.2. The Hall–Kier alpha value is -2.55. The van der Waals surface area contributed by atoms with E-state index in [0.717, 1.165) is 44.1 Å². The van der Waals surface area contributed by atoms with Crippen molar-refractivity contribution in [3.63, 3.8) is 0 Å². The monoisotopic (exact) mass is 371 g/mol. The summed E-state index contributed by atoms with van der Waals surface area (Å²) in [5, 5.41) is 18.7. The van der Waals surface area contributed by atoms with Crippen LogP contribution in [0.5, 0.6) is 0 Å². The van der Waals surface area contributed by atoms with Crippen LogP contribution in [0.25, 0.3) is 0 Å². The average molecular weight is 371 g/mol. The number of nitriles is 1. The van der Waals surface area contributed by atoms with E-state index in [4.69, 9.17) is 5.26 Å². The molecular weight excluding hydrogens is 342 g/mol. The third-order valence-electron chi connectivity index (χ3n) is 5.39. The van der Waals surface area contributed by atoms with E-state index in [9.17, 15) is 14.7 Å². The highest BCUT2D eigenvalue weighted by atomic mass is 16.4. The highest BCUT2D eigenvalue weighted by molar-refractivity contribution is 5.85. The Morgan fingerprint density at radius 1 is 1.26 bits per heavy atom. The molecular formula is C21H29N3O3. The highest BCUT2D eigenvalue weighted by Crippen LogP contribution is 2.24. The van der Waals surface area contributed by atoms with Gasteiger partial charge in [-0.2, -0.15) is 5.26 Å². The second-order valence-corrected chi connectivity index (χ2v) is 7.25. The van der Waals surface area contributed by atoms with Crippen LogP contribution in [0.4, 0.5) is 4.79 Å². The molecule has 0 saturated heterocycles. The lowest BCUT2D eigenvalue weighted by Gasteiger charge is -2.34. The number of benzene rings is 1. The molecule has 0 unspecified atom stereocenters. The Morgan fingerprint density at radius 3 is 2.41 bits per heavy atom. The summed E-state index contributed by atoms with van der Waals surface area (Å²) in [6.07, 6.45) is 5.02. The van der Waals surface area contributed by atoms with Crippen LogP contribution >= 0.6 is 0 Å². The van der Waals surface area contributed by atoms with Gasteiger partial charge in [-0.05, 0) is 37.0 Å². The van der Waals surface area contributed by atoms with E-state index in [0.29, 0.717) is 18.5 Å². The first kappa shape index (κ1) is 20.8.